The molecule has 1 saturated heterocycles. The number of amides is 1. The molecular formula is C23H22N6O2. The van der Waals surface area contributed by atoms with Gasteiger partial charge in [-0.3, -0.25) is 19.5 Å². The van der Waals surface area contributed by atoms with E-state index in [1.807, 2.05) is 12.3 Å². The maximum atomic E-state index is 12.8. The Hall–Kier alpha value is -3.65. The van der Waals surface area contributed by atoms with E-state index in [2.05, 4.69) is 44.5 Å². The maximum absolute atomic E-state index is 12.8. The molecule has 1 amide bonds. The second-order valence-corrected chi connectivity index (χ2v) is 7.72. The first kappa shape index (κ1) is 19.3. The quantitative estimate of drug-likeness (QED) is 0.505. The van der Waals surface area contributed by atoms with Gasteiger partial charge in [-0.1, -0.05) is 41.6 Å². The summed E-state index contributed by atoms with van der Waals surface area (Å²) in [5.74, 6) is -0.113. The number of pyridine rings is 1. The molecule has 31 heavy (non-hydrogen) atoms. The van der Waals surface area contributed by atoms with Crippen molar-refractivity contribution in [2.45, 2.75) is 13.1 Å². The van der Waals surface area contributed by atoms with Crippen LogP contribution in [0, 0.1) is 0 Å². The zero-order valence-electron chi connectivity index (χ0n) is 17.0. The van der Waals surface area contributed by atoms with E-state index in [0.29, 0.717) is 24.0 Å². The van der Waals surface area contributed by atoms with Crippen LogP contribution < -0.4 is 5.56 Å². The number of fused-ring (bicyclic) bond motifs is 2. The minimum Gasteiger partial charge on any atom is -0.339 e. The van der Waals surface area contributed by atoms with Gasteiger partial charge >= 0.3 is 0 Å². The number of hydrogen-bond acceptors (Lipinski definition) is 6. The lowest BCUT2D eigenvalue weighted by molar-refractivity contribution is -0.134. The van der Waals surface area contributed by atoms with Gasteiger partial charge in [-0.25, -0.2) is 4.68 Å². The number of nitrogens with zero attached hydrogens (tertiary/aromatic N) is 6. The molecule has 0 aliphatic carbocycles. The lowest BCUT2D eigenvalue weighted by atomic mass is 10.1. The zero-order valence-corrected chi connectivity index (χ0v) is 17.0. The van der Waals surface area contributed by atoms with Gasteiger partial charge in [0.15, 0.2) is 0 Å². The molecule has 0 atom stereocenters. The minimum atomic E-state index is -0.291. The molecule has 1 aliphatic heterocycles. The molecule has 5 rings (SSSR count). The molecule has 156 valence electrons. The van der Waals surface area contributed by atoms with E-state index >= 15 is 0 Å². The largest absolute Gasteiger partial charge is 0.339 e. The molecule has 0 radical (unpaired) electrons. The summed E-state index contributed by atoms with van der Waals surface area (Å²) in [5.41, 5.74) is 2.46. The highest BCUT2D eigenvalue weighted by Crippen LogP contribution is 2.18. The topological polar surface area (TPSA) is 84.2 Å². The summed E-state index contributed by atoms with van der Waals surface area (Å²) in [5, 5.41) is 9.59. The van der Waals surface area contributed by atoms with E-state index in [9.17, 15) is 9.59 Å². The highest BCUT2D eigenvalue weighted by molar-refractivity contribution is 5.81. The molecule has 0 unspecified atom stereocenters. The fourth-order valence-electron chi connectivity index (χ4n) is 4.05. The van der Waals surface area contributed by atoms with E-state index in [1.54, 1.807) is 29.2 Å². The molecule has 1 aliphatic rings. The number of rotatable bonds is 4. The Bertz CT molecular complexity index is 1300. The molecule has 2 aromatic carbocycles. The Morgan fingerprint density at radius 3 is 2.61 bits per heavy atom. The number of hydrogen-bond donors (Lipinski definition) is 0. The summed E-state index contributed by atoms with van der Waals surface area (Å²) < 4.78 is 1.15. The predicted molar refractivity (Wildman–Crippen MR) is 117 cm³/mol. The Labute approximate surface area is 178 Å². The van der Waals surface area contributed by atoms with Crippen LogP contribution in [0.15, 0.2) is 65.6 Å². The Kier molecular flexibility index (Phi) is 5.13. The average molecular weight is 414 g/mol. The summed E-state index contributed by atoms with van der Waals surface area (Å²) in [6, 6.07) is 17.3. The fraction of sp³-hybridized carbons (Fsp3) is 0.261. The Morgan fingerprint density at radius 2 is 1.74 bits per heavy atom. The molecular weight excluding hydrogens is 392 g/mol. The second-order valence-electron chi connectivity index (χ2n) is 7.72. The highest BCUT2D eigenvalue weighted by Gasteiger charge is 2.22. The van der Waals surface area contributed by atoms with Crippen LogP contribution in [0.2, 0.25) is 0 Å². The summed E-state index contributed by atoms with van der Waals surface area (Å²) in [6.45, 7) is 3.48. The lowest BCUT2D eigenvalue weighted by Gasteiger charge is -2.34. The van der Waals surface area contributed by atoms with Crippen molar-refractivity contribution in [3.05, 3.63) is 76.7 Å². The van der Waals surface area contributed by atoms with Crippen LogP contribution >= 0.6 is 0 Å². The molecule has 8 nitrogen and oxygen atoms in total. The van der Waals surface area contributed by atoms with Gasteiger partial charge in [0.2, 0.25) is 5.91 Å². The van der Waals surface area contributed by atoms with Crippen molar-refractivity contribution in [1.82, 2.24) is 29.8 Å². The fourth-order valence-corrected chi connectivity index (χ4v) is 4.05. The van der Waals surface area contributed by atoms with E-state index in [-0.39, 0.29) is 18.0 Å². The van der Waals surface area contributed by atoms with Crippen molar-refractivity contribution >= 4 is 27.7 Å². The number of carbonyl (C=O) groups excluding carboxylic acids is 1. The highest BCUT2D eigenvalue weighted by atomic mass is 16.2. The van der Waals surface area contributed by atoms with Crippen LogP contribution in [-0.4, -0.2) is 61.9 Å². The van der Waals surface area contributed by atoms with Crippen LogP contribution in [0.25, 0.3) is 21.8 Å². The molecule has 2 aromatic heterocycles. The van der Waals surface area contributed by atoms with Gasteiger partial charge in [-0.15, -0.1) is 5.10 Å². The van der Waals surface area contributed by atoms with Crippen LogP contribution in [0.1, 0.15) is 5.56 Å². The predicted octanol–water partition coefficient (Wildman–Crippen LogP) is 1.68. The summed E-state index contributed by atoms with van der Waals surface area (Å²) in [7, 11) is 0. The van der Waals surface area contributed by atoms with Crippen molar-refractivity contribution < 1.29 is 4.79 Å². The standard InChI is InChI=1S/C23H22N6O2/c30-21(16-29-23(31)19-8-1-2-9-20(19)25-26-29)28-13-11-27(12-14-28)15-18-6-3-5-17-7-4-10-24-22(17)18/h1-10H,11-16H2. The van der Waals surface area contributed by atoms with E-state index in [1.165, 1.54) is 5.56 Å². The van der Waals surface area contributed by atoms with Crippen LogP contribution in [0.3, 0.4) is 0 Å². The van der Waals surface area contributed by atoms with Crippen LogP contribution in [0.4, 0.5) is 0 Å². The molecule has 1 fully saturated rings. The number of carbonyl (C=O) groups is 1. The Balaban J connectivity index is 1.23. The molecule has 8 heteroatoms. The summed E-state index contributed by atoms with van der Waals surface area (Å²) in [6.07, 6.45) is 1.82. The monoisotopic (exact) mass is 414 g/mol. The van der Waals surface area contributed by atoms with E-state index in [4.69, 9.17) is 0 Å². The van der Waals surface area contributed by atoms with Gasteiger partial charge in [0, 0.05) is 44.3 Å². The SMILES string of the molecule is O=C(Cn1nnc2ccccc2c1=O)N1CCN(Cc2cccc3cccnc23)CC1. The summed E-state index contributed by atoms with van der Waals surface area (Å²) >= 11 is 0. The normalized spacial score (nSPS) is 14.9. The molecule has 0 spiro atoms. The second kappa shape index (κ2) is 8.23. The van der Waals surface area contributed by atoms with Crippen LogP contribution in [-0.2, 0) is 17.9 Å². The number of benzene rings is 2. The molecule has 4 aromatic rings. The number of piperazine rings is 1. The Morgan fingerprint density at radius 1 is 0.935 bits per heavy atom. The molecule has 3 heterocycles. The van der Waals surface area contributed by atoms with Crippen molar-refractivity contribution in [2.75, 3.05) is 26.2 Å². The first-order chi connectivity index (χ1) is 15.2. The number of aromatic nitrogens is 4. The van der Waals surface area contributed by atoms with Crippen molar-refractivity contribution in [2.24, 2.45) is 0 Å². The number of para-hydroxylation sites is 1. The van der Waals surface area contributed by atoms with Gasteiger partial charge in [0.1, 0.15) is 12.1 Å². The third-order valence-electron chi connectivity index (χ3n) is 5.75. The molecule has 0 bridgehead atoms. The first-order valence-corrected chi connectivity index (χ1v) is 10.3. The van der Waals surface area contributed by atoms with Gasteiger partial charge < -0.3 is 4.90 Å². The van der Waals surface area contributed by atoms with Crippen molar-refractivity contribution in [1.29, 1.82) is 0 Å². The minimum absolute atomic E-state index is 0.0933. The zero-order chi connectivity index (χ0) is 21.2. The molecule has 0 saturated carbocycles. The van der Waals surface area contributed by atoms with Gasteiger partial charge in [0.05, 0.1) is 10.9 Å². The van der Waals surface area contributed by atoms with Gasteiger partial charge in [-0.05, 0) is 23.8 Å². The van der Waals surface area contributed by atoms with Crippen molar-refractivity contribution in [3.8, 4) is 0 Å². The van der Waals surface area contributed by atoms with E-state index in [0.717, 1.165) is 35.2 Å². The third kappa shape index (κ3) is 3.89. The molecule has 0 N–H and O–H groups in total. The maximum Gasteiger partial charge on any atom is 0.278 e. The van der Waals surface area contributed by atoms with Crippen molar-refractivity contribution in [3.63, 3.8) is 0 Å². The third-order valence-corrected chi connectivity index (χ3v) is 5.75. The first-order valence-electron chi connectivity index (χ1n) is 10.3. The lowest BCUT2D eigenvalue weighted by Crippen LogP contribution is -2.49. The average Bonchev–Trinajstić information content (AvgIpc) is 2.82. The van der Waals surface area contributed by atoms with E-state index < -0.39 is 0 Å². The summed E-state index contributed by atoms with van der Waals surface area (Å²) in [4.78, 5) is 34.0. The van der Waals surface area contributed by atoms with Gasteiger partial charge in [0.25, 0.3) is 5.56 Å². The van der Waals surface area contributed by atoms with Gasteiger partial charge in [-0.2, -0.15) is 0 Å². The van der Waals surface area contributed by atoms with Crippen LogP contribution in [0.5, 0.6) is 0 Å². The smallest absolute Gasteiger partial charge is 0.278 e.